The molecule has 0 spiro atoms. The van der Waals surface area contributed by atoms with Gasteiger partial charge in [0.15, 0.2) is 0 Å². The molecule has 2 atom stereocenters. The summed E-state index contributed by atoms with van der Waals surface area (Å²) in [7, 11) is 0. The molecule has 0 aromatic heterocycles. The SMILES string of the molecule is O=C1CN(c2ccc(C(=O)N[C@@H]3COC[C@H]3N3CCCC3)cc2)C(=O)N1. The highest BCUT2D eigenvalue weighted by atomic mass is 16.5. The average molecular weight is 358 g/mol. The molecular formula is C18H22N4O4. The Labute approximate surface area is 151 Å². The Morgan fingerprint density at radius 1 is 1.12 bits per heavy atom. The molecule has 3 saturated heterocycles. The second-order valence-electron chi connectivity index (χ2n) is 6.91. The molecule has 1 aromatic rings. The molecule has 0 aliphatic carbocycles. The largest absolute Gasteiger partial charge is 0.378 e. The van der Waals surface area contributed by atoms with Gasteiger partial charge in [-0.2, -0.15) is 0 Å². The lowest BCUT2D eigenvalue weighted by Crippen LogP contribution is -2.50. The normalized spacial score (nSPS) is 26.4. The molecule has 138 valence electrons. The van der Waals surface area contributed by atoms with Crippen molar-refractivity contribution in [3.8, 4) is 0 Å². The van der Waals surface area contributed by atoms with Crippen LogP contribution in [0.1, 0.15) is 23.2 Å². The molecule has 8 nitrogen and oxygen atoms in total. The van der Waals surface area contributed by atoms with E-state index >= 15 is 0 Å². The van der Waals surface area contributed by atoms with Crippen LogP contribution in [0.25, 0.3) is 0 Å². The van der Waals surface area contributed by atoms with E-state index in [0.29, 0.717) is 24.5 Å². The van der Waals surface area contributed by atoms with E-state index in [9.17, 15) is 14.4 Å². The Bertz CT molecular complexity index is 714. The van der Waals surface area contributed by atoms with Crippen molar-refractivity contribution in [1.29, 1.82) is 0 Å². The van der Waals surface area contributed by atoms with Crippen molar-refractivity contribution < 1.29 is 19.1 Å². The summed E-state index contributed by atoms with van der Waals surface area (Å²) in [5, 5.41) is 5.31. The van der Waals surface area contributed by atoms with Crippen molar-refractivity contribution in [3.63, 3.8) is 0 Å². The standard InChI is InChI=1S/C18H22N4O4/c23-16-9-22(18(25)20-16)13-5-3-12(4-6-13)17(24)19-14-10-26-11-15(14)21-7-1-2-8-21/h3-6,14-15H,1-2,7-11H2,(H,19,24)(H,20,23,25)/t14-,15-/m1/s1. The molecule has 0 bridgehead atoms. The topological polar surface area (TPSA) is 91.0 Å². The first-order valence-electron chi connectivity index (χ1n) is 8.96. The van der Waals surface area contributed by atoms with Crippen molar-refractivity contribution >= 4 is 23.5 Å². The minimum absolute atomic E-state index is 0.00129. The minimum atomic E-state index is -0.441. The van der Waals surface area contributed by atoms with Gasteiger partial charge in [-0.05, 0) is 50.2 Å². The number of carbonyl (C=O) groups excluding carboxylic acids is 3. The van der Waals surface area contributed by atoms with Crippen molar-refractivity contribution in [2.24, 2.45) is 0 Å². The van der Waals surface area contributed by atoms with Crippen LogP contribution < -0.4 is 15.5 Å². The number of benzene rings is 1. The first kappa shape index (κ1) is 17.0. The fourth-order valence-electron chi connectivity index (χ4n) is 3.81. The summed E-state index contributed by atoms with van der Waals surface area (Å²) in [6.45, 7) is 3.31. The molecule has 0 radical (unpaired) electrons. The Balaban J connectivity index is 1.40. The van der Waals surface area contributed by atoms with Crippen LogP contribution in [0.4, 0.5) is 10.5 Å². The number of anilines is 1. The molecule has 4 amide bonds. The fraction of sp³-hybridized carbons (Fsp3) is 0.500. The quantitative estimate of drug-likeness (QED) is 0.758. The van der Waals surface area contributed by atoms with Crippen LogP contribution in [0.3, 0.4) is 0 Å². The molecule has 3 aliphatic heterocycles. The molecule has 26 heavy (non-hydrogen) atoms. The Morgan fingerprint density at radius 2 is 1.85 bits per heavy atom. The predicted molar refractivity (Wildman–Crippen MR) is 94.0 cm³/mol. The number of likely N-dealkylation sites (tertiary alicyclic amines) is 1. The van der Waals surface area contributed by atoms with E-state index in [1.54, 1.807) is 24.3 Å². The molecule has 1 aromatic carbocycles. The molecule has 0 unspecified atom stereocenters. The number of rotatable bonds is 4. The lowest BCUT2D eigenvalue weighted by Gasteiger charge is -2.28. The number of nitrogens with one attached hydrogen (secondary N) is 2. The van der Waals surface area contributed by atoms with Gasteiger partial charge in [-0.25, -0.2) is 4.79 Å². The number of nitrogens with zero attached hydrogens (tertiary/aromatic N) is 2. The van der Waals surface area contributed by atoms with Gasteiger partial charge < -0.3 is 10.1 Å². The van der Waals surface area contributed by atoms with E-state index < -0.39 is 6.03 Å². The molecule has 8 heteroatoms. The molecule has 3 aliphatic rings. The molecule has 2 N–H and O–H groups in total. The van der Waals surface area contributed by atoms with Gasteiger partial charge in [0.25, 0.3) is 5.91 Å². The summed E-state index contributed by atoms with van der Waals surface area (Å²) < 4.78 is 5.59. The number of carbonyl (C=O) groups is 3. The minimum Gasteiger partial charge on any atom is -0.378 e. The average Bonchev–Trinajstić information content (AvgIpc) is 3.36. The maximum Gasteiger partial charge on any atom is 0.329 e. The van der Waals surface area contributed by atoms with Crippen molar-refractivity contribution in [3.05, 3.63) is 29.8 Å². The number of ether oxygens (including phenoxy) is 1. The predicted octanol–water partition coefficient (Wildman–Crippen LogP) is 0.336. The van der Waals surface area contributed by atoms with E-state index in [2.05, 4.69) is 15.5 Å². The zero-order valence-corrected chi connectivity index (χ0v) is 14.4. The summed E-state index contributed by atoms with van der Waals surface area (Å²) in [4.78, 5) is 39.3. The highest BCUT2D eigenvalue weighted by Crippen LogP contribution is 2.21. The van der Waals surface area contributed by atoms with E-state index in [4.69, 9.17) is 4.74 Å². The summed E-state index contributed by atoms with van der Waals surface area (Å²) in [6, 6.07) is 6.47. The number of hydrogen-bond donors (Lipinski definition) is 2. The summed E-state index contributed by atoms with van der Waals surface area (Å²) >= 11 is 0. The molecule has 4 rings (SSSR count). The Kier molecular flexibility index (Phi) is 4.60. The molecule has 3 fully saturated rings. The first-order chi connectivity index (χ1) is 12.6. The second kappa shape index (κ2) is 7.05. The maximum absolute atomic E-state index is 12.6. The third-order valence-corrected chi connectivity index (χ3v) is 5.21. The Morgan fingerprint density at radius 3 is 2.50 bits per heavy atom. The molecule has 3 heterocycles. The van der Waals surface area contributed by atoms with Crippen LogP contribution in [-0.4, -0.2) is 67.7 Å². The highest BCUT2D eigenvalue weighted by Gasteiger charge is 2.35. The van der Waals surface area contributed by atoms with Crippen LogP contribution in [0.15, 0.2) is 24.3 Å². The lowest BCUT2D eigenvalue weighted by atomic mass is 10.1. The van der Waals surface area contributed by atoms with Crippen molar-refractivity contribution in [2.75, 3.05) is 37.7 Å². The van der Waals surface area contributed by atoms with Crippen LogP contribution in [-0.2, 0) is 9.53 Å². The van der Waals surface area contributed by atoms with E-state index in [-0.39, 0.29) is 30.4 Å². The van der Waals surface area contributed by atoms with E-state index in [0.717, 1.165) is 13.1 Å². The van der Waals surface area contributed by atoms with Gasteiger partial charge in [0.1, 0.15) is 6.54 Å². The highest BCUT2D eigenvalue weighted by molar-refractivity contribution is 6.12. The van der Waals surface area contributed by atoms with Gasteiger partial charge in [0, 0.05) is 11.3 Å². The summed E-state index contributed by atoms with van der Waals surface area (Å²) in [5.41, 5.74) is 1.11. The number of imide groups is 1. The molecule has 0 saturated carbocycles. The van der Waals surface area contributed by atoms with Crippen LogP contribution in [0, 0.1) is 0 Å². The zero-order chi connectivity index (χ0) is 18.1. The van der Waals surface area contributed by atoms with Gasteiger partial charge in [-0.1, -0.05) is 0 Å². The Hall–Kier alpha value is -2.45. The van der Waals surface area contributed by atoms with Crippen LogP contribution in [0.2, 0.25) is 0 Å². The third-order valence-electron chi connectivity index (χ3n) is 5.21. The first-order valence-corrected chi connectivity index (χ1v) is 8.96. The van der Waals surface area contributed by atoms with Crippen molar-refractivity contribution in [1.82, 2.24) is 15.5 Å². The van der Waals surface area contributed by atoms with E-state index in [1.165, 1.54) is 17.7 Å². The van der Waals surface area contributed by atoms with Gasteiger partial charge in [0.05, 0.1) is 25.3 Å². The number of urea groups is 1. The zero-order valence-electron chi connectivity index (χ0n) is 14.4. The number of amides is 4. The fourth-order valence-corrected chi connectivity index (χ4v) is 3.81. The number of hydrogen-bond acceptors (Lipinski definition) is 5. The van der Waals surface area contributed by atoms with Gasteiger partial charge in [-0.3, -0.25) is 24.7 Å². The van der Waals surface area contributed by atoms with Gasteiger partial charge in [0.2, 0.25) is 5.91 Å². The maximum atomic E-state index is 12.6. The van der Waals surface area contributed by atoms with Crippen LogP contribution in [0.5, 0.6) is 0 Å². The van der Waals surface area contributed by atoms with Gasteiger partial charge in [-0.15, -0.1) is 0 Å². The second-order valence-corrected chi connectivity index (χ2v) is 6.91. The lowest BCUT2D eigenvalue weighted by molar-refractivity contribution is -0.117. The van der Waals surface area contributed by atoms with E-state index in [1.807, 2.05) is 0 Å². The van der Waals surface area contributed by atoms with Crippen molar-refractivity contribution in [2.45, 2.75) is 24.9 Å². The van der Waals surface area contributed by atoms with Crippen LogP contribution >= 0.6 is 0 Å². The van der Waals surface area contributed by atoms with Gasteiger partial charge >= 0.3 is 6.03 Å². The summed E-state index contributed by atoms with van der Waals surface area (Å²) in [5.74, 6) is -0.482. The summed E-state index contributed by atoms with van der Waals surface area (Å²) in [6.07, 6.45) is 2.40. The molecular weight excluding hydrogens is 336 g/mol. The third kappa shape index (κ3) is 3.30. The monoisotopic (exact) mass is 358 g/mol. The smallest absolute Gasteiger partial charge is 0.329 e.